The molecule has 1 aromatic carbocycles. The summed E-state index contributed by atoms with van der Waals surface area (Å²) in [6, 6.07) is 7.03. The van der Waals surface area contributed by atoms with Gasteiger partial charge in [0.05, 0.1) is 23.1 Å². The molecule has 0 aliphatic carbocycles. The number of carboxylic acids is 1. The monoisotopic (exact) mass is 349 g/mol. The predicted molar refractivity (Wildman–Crippen MR) is 91.8 cm³/mol. The van der Waals surface area contributed by atoms with E-state index in [9.17, 15) is 9.59 Å². The molecule has 0 saturated heterocycles. The summed E-state index contributed by atoms with van der Waals surface area (Å²) in [5.74, 6) is -1.13. The van der Waals surface area contributed by atoms with Gasteiger partial charge in [-0.3, -0.25) is 9.59 Å². The number of hydrogen-bond donors (Lipinski definition) is 2. The third kappa shape index (κ3) is 4.35. The Balaban J connectivity index is 2.19. The lowest BCUT2D eigenvalue weighted by Crippen LogP contribution is -2.33. The zero-order valence-corrected chi connectivity index (χ0v) is 14.4. The lowest BCUT2D eigenvalue weighted by molar-refractivity contribution is -0.137. The van der Waals surface area contributed by atoms with E-state index in [-0.39, 0.29) is 18.4 Å². The normalized spacial score (nSPS) is 12.0. The van der Waals surface area contributed by atoms with Crippen LogP contribution >= 0.6 is 11.6 Å². The van der Waals surface area contributed by atoms with E-state index in [1.54, 1.807) is 23.7 Å². The van der Waals surface area contributed by atoms with Crippen molar-refractivity contribution in [3.63, 3.8) is 0 Å². The number of nitrogens with zero attached hydrogens (tertiary/aromatic N) is 2. The van der Waals surface area contributed by atoms with E-state index in [0.717, 1.165) is 11.4 Å². The molecule has 2 aromatic rings. The van der Waals surface area contributed by atoms with Crippen molar-refractivity contribution in [1.29, 1.82) is 0 Å². The summed E-state index contributed by atoms with van der Waals surface area (Å²) >= 11 is 6.02. The van der Waals surface area contributed by atoms with Gasteiger partial charge < -0.3 is 10.4 Å². The number of nitrogens with one attached hydrogen (secondary N) is 1. The highest BCUT2D eigenvalue weighted by Crippen LogP contribution is 2.19. The molecule has 0 bridgehead atoms. The maximum absolute atomic E-state index is 12.5. The molecule has 0 saturated carbocycles. The molecule has 0 radical (unpaired) electrons. The second-order valence-electron chi connectivity index (χ2n) is 5.56. The van der Waals surface area contributed by atoms with Crippen molar-refractivity contribution in [2.75, 3.05) is 0 Å². The van der Waals surface area contributed by atoms with Gasteiger partial charge in [-0.2, -0.15) is 5.10 Å². The van der Waals surface area contributed by atoms with E-state index in [4.69, 9.17) is 16.7 Å². The second-order valence-corrected chi connectivity index (χ2v) is 5.99. The largest absolute Gasteiger partial charge is 0.481 e. The minimum atomic E-state index is -0.876. The molecule has 1 heterocycles. The lowest BCUT2D eigenvalue weighted by atomic mass is 10.1. The molecule has 7 heteroatoms. The third-order valence-corrected chi connectivity index (χ3v) is 3.90. The number of halogens is 1. The number of aliphatic carboxylic acids is 1. The smallest absolute Gasteiger partial charge is 0.303 e. The van der Waals surface area contributed by atoms with Crippen LogP contribution in [0.5, 0.6) is 0 Å². The Bertz CT molecular complexity index is 742. The van der Waals surface area contributed by atoms with E-state index in [1.165, 1.54) is 6.20 Å². The molecule has 0 fully saturated rings. The first-order valence-corrected chi connectivity index (χ1v) is 8.15. The minimum Gasteiger partial charge on any atom is -0.481 e. The van der Waals surface area contributed by atoms with Crippen LogP contribution in [0, 0.1) is 0 Å². The van der Waals surface area contributed by atoms with E-state index in [0.29, 0.717) is 23.4 Å². The molecule has 0 spiro atoms. The van der Waals surface area contributed by atoms with Crippen LogP contribution in [-0.2, 0) is 11.2 Å². The van der Waals surface area contributed by atoms with Gasteiger partial charge in [-0.1, -0.05) is 24.6 Å². The maximum Gasteiger partial charge on any atom is 0.303 e. The summed E-state index contributed by atoms with van der Waals surface area (Å²) in [7, 11) is 0. The van der Waals surface area contributed by atoms with Gasteiger partial charge in [-0.25, -0.2) is 4.68 Å². The van der Waals surface area contributed by atoms with E-state index in [2.05, 4.69) is 10.4 Å². The molecule has 24 heavy (non-hydrogen) atoms. The molecule has 1 aromatic heterocycles. The van der Waals surface area contributed by atoms with Crippen LogP contribution in [0.2, 0.25) is 5.02 Å². The fourth-order valence-electron chi connectivity index (χ4n) is 2.45. The van der Waals surface area contributed by atoms with Crippen molar-refractivity contribution in [3.8, 4) is 5.69 Å². The number of hydrogen-bond acceptors (Lipinski definition) is 3. The van der Waals surface area contributed by atoms with Gasteiger partial charge in [0.15, 0.2) is 0 Å². The Morgan fingerprint density at radius 3 is 2.79 bits per heavy atom. The standard InChI is InChI=1S/C17H20ClN3O3/c1-3-15-14(17(24)20-11(2)7-8-16(22)23)10-19-21(15)13-6-4-5-12(18)9-13/h4-6,9-11H,3,7-8H2,1-2H3,(H,20,24)(H,22,23). The van der Waals surface area contributed by atoms with Crippen LogP contribution < -0.4 is 5.32 Å². The van der Waals surface area contributed by atoms with Crippen molar-refractivity contribution >= 4 is 23.5 Å². The first kappa shape index (κ1) is 18.0. The number of amides is 1. The van der Waals surface area contributed by atoms with Crippen LogP contribution in [0.25, 0.3) is 5.69 Å². The summed E-state index contributed by atoms with van der Waals surface area (Å²) in [6.07, 6.45) is 2.55. The predicted octanol–water partition coefficient (Wildman–Crippen LogP) is 3.07. The Morgan fingerprint density at radius 1 is 1.42 bits per heavy atom. The molecule has 1 amide bonds. The Morgan fingerprint density at radius 2 is 2.17 bits per heavy atom. The summed E-state index contributed by atoms with van der Waals surface area (Å²) in [6.45, 7) is 3.73. The highest BCUT2D eigenvalue weighted by atomic mass is 35.5. The summed E-state index contributed by atoms with van der Waals surface area (Å²) in [5.41, 5.74) is 2.05. The molecule has 6 nitrogen and oxygen atoms in total. The second kappa shape index (κ2) is 7.97. The average Bonchev–Trinajstić information content (AvgIpc) is 2.97. The lowest BCUT2D eigenvalue weighted by Gasteiger charge is -2.13. The highest BCUT2D eigenvalue weighted by molar-refractivity contribution is 6.30. The summed E-state index contributed by atoms with van der Waals surface area (Å²) < 4.78 is 1.70. The third-order valence-electron chi connectivity index (χ3n) is 3.67. The summed E-state index contributed by atoms with van der Waals surface area (Å²) in [5, 5.41) is 16.4. The van der Waals surface area contributed by atoms with Gasteiger partial charge in [-0.05, 0) is 38.0 Å². The molecule has 0 aliphatic heterocycles. The van der Waals surface area contributed by atoms with Gasteiger partial charge in [0.1, 0.15) is 0 Å². The van der Waals surface area contributed by atoms with Crippen LogP contribution in [0.15, 0.2) is 30.5 Å². The molecule has 0 aliphatic rings. The van der Waals surface area contributed by atoms with Gasteiger partial charge in [0.25, 0.3) is 5.91 Å². The van der Waals surface area contributed by atoms with E-state index in [1.807, 2.05) is 19.1 Å². The SMILES string of the molecule is CCc1c(C(=O)NC(C)CCC(=O)O)cnn1-c1cccc(Cl)c1. The first-order valence-electron chi connectivity index (χ1n) is 7.77. The Hall–Kier alpha value is -2.34. The van der Waals surface area contributed by atoms with Gasteiger partial charge >= 0.3 is 5.97 Å². The number of carbonyl (C=O) groups excluding carboxylic acids is 1. The quantitative estimate of drug-likeness (QED) is 0.804. The van der Waals surface area contributed by atoms with Crippen molar-refractivity contribution < 1.29 is 14.7 Å². The maximum atomic E-state index is 12.5. The van der Waals surface area contributed by atoms with Crippen molar-refractivity contribution in [1.82, 2.24) is 15.1 Å². The van der Waals surface area contributed by atoms with Crippen LogP contribution in [0.4, 0.5) is 0 Å². The van der Waals surface area contributed by atoms with Gasteiger partial charge in [0.2, 0.25) is 0 Å². The van der Waals surface area contributed by atoms with Crippen LogP contribution in [0.1, 0.15) is 42.7 Å². The number of carbonyl (C=O) groups is 2. The van der Waals surface area contributed by atoms with Crippen molar-refractivity contribution in [2.24, 2.45) is 0 Å². The molecule has 2 rings (SSSR count). The zero-order chi connectivity index (χ0) is 17.7. The van der Waals surface area contributed by atoms with Gasteiger partial charge in [0, 0.05) is 17.5 Å². The first-order chi connectivity index (χ1) is 11.4. The number of carboxylic acid groups (broad SMARTS) is 1. The van der Waals surface area contributed by atoms with Crippen LogP contribution in [-0.4, -0.2) is 32.8 Å². The van der Waals surface area contributed by atoms with Crippen LogP contribution in [0.3, 0.4) is 0 Å². The average molecular weight is 350 g/mol. The Kier molecular flexibility index (Phi) is 5.98. The molecule has 128 valence electrons. The number of benzene rings is 1. The highest BCUT2D eigenvalue weighted by Gasteiger charge is 2.19. The van der Waals surface area contributed by atoms with Crippen molar-refractivity contribution in [3.05, 3.63) is 46.7 Å². The molecular formula is C17H20ClN3O3. The zero-order valence-electron chi connectivity index (χ0n) is 13.6. The van der Waals surface area contributed by atoms with Crippen molar-refractivity contribution in [2.45, 2.75) is 39.2 Å². The minimum absolute atomic E-state index is 0.0177. The van der Waals surface area contributed by atoms with E-state index < -0.39 is 5.97 Å². The number of rotatable bonds is 7. The number of aromatic nitrogens is 2. The summed E-state index contributed by atoms with van der Waals surface area (Å²) in [4.78, 5) is 23.1. The molecule has 2 N–H and O–H groups in total. The van der Waals surface area contributed by atoms with Gasteiger partial charge in [-0.15, -0.1) is 0 Å². The molecule has 1 unspecified atom stereocenters. The fourth-order valence-corrected chi connectivity index (χ4v) is 2.63. The van der Waals surface area contributed by atoms with E-state index >= 15 is 0 Å². The Labute approximate surface area is 145 Å². The molecule has 1 atom stereocenters. The fraction of sp³-hybridized carbons (Fsp3) is 0.353. The topological polar surface area (TPSA) is 84.2 Å². The molecular weight excluding hydrogens is 330 g/mol.